The number of rotatable bonds is 6. The van der Waals surface area contributed by atoms with Crippen LogP contribution in [0.25, 0.3) is 0 Å². The van der Waals surface area contributed by atoms with E-state index < -0.39 is 15.9 Å². The van der Waals surface area contributed by atoms with Crippen LogP contribution in [-0.2, 0) is 16.4 Å². The molecular formula is C18H17ClN4O3S2. The summed E-state index contributed by atoms with van der Waals surface area (Å²) in [4.78, 5) is 12.4. The summed E-state index contributed by atoms with van der Waals surface area (Å²) in [5.74, 6) is -0.491. The Balaban J connectivity index is 1.77. The van der Waals surface area contributed by atoms with Crippen LogP contribution in [0.15, 0.2) is 53.4 Å². The zero-order valence-corrected chi connectivity index (χ0v) is 17.5. The lowest BCUT2D eigenvalue weighted by atomic mass is 10.2. The number of carbonyl (C=O) groups is 1. The van der Waals surface area contributed by atoms with Gasteiger partial charge in [0.15, 0.2) is 0 Å². The fourth-order valence-electron chi connectivity index (χ4n) is 2.35. The minimum absolute atomic E-state index is 0.0475. The number of halogens is 1. The summed E-state index contributed by atoms with van der Waals surface area (Å²) in [7, 11) is -0.977. The minimum atomic E-state index is -3.77. The van der Waals surface area contributed by atoms with E-state index in [1.54, 1.807) is 0 Å². The number of amides is 1. The van der Waals surface area contributed by atoms with E-state index in [1.165, 1.54) is 43.6 Å². The van der Waals surface area contributed by atoms with Crippen LogP contribution >= 0.6 is 22.9 Å². The highest BCUT2D eigenvalue weighted by molar-refractivity contribution is 7.89. The van der Waals surface area contributed by atoms with E-state index in [2.05, 4.69) is 15.5 Å². The van der Waals surface area contributed by atoms with Crippen molar-refractivity contribution in [3.63, 3.8) is 0 Å². The van der Waals surface area contributed by atoms with Crippen LogP contribution in [0, 0.1) is 0 Å². The lowest BCUT2D eigenvalue weighted by Gasteiger charge is -2.13. The number of carbonyl (C=O) groups excluding carboxylic acids is 1. The number of anilines is 1. The Morgan fingerprint density at radius 2 is 1.86 bits per heavy atom. The monoisotopic (exact) mass is 436 g/mol. The molecule has 7 nitrogen and oxygen atoms in total. The van der Waals surface area contributed by atoms with Crippen molar-refractivity contribution >= 4 is 44.0 Å². The van der Waals surface area contributed by atoms with Crippen molar-refractivity contribution in [2.75, 3.05) is 19.4 Å². The molecule has 1 heterocycles. The van der Waals surface area contributed by atoms with Crippen LogP contribution in [0.4, 0.5) is 5.13 Å². The fourth-order valence-corrected chi connectivity index (χ4v) is 4.52. The molecule has 1 amide bonds. The van der Waals surface area contributed by atoms with Gasteiger partial charge in [-0.05, 0) is 23.8 Å². The van der Waals surface area contributed by atoms with Gasteiger partial charge in [0.25, 0.3) is 5.91 Å². The minimum Gasteiger partial charge on any atom is -0.296 e. The standard InChI is InChI=1S/C18H17ClN4O3S2/c1-23(2)28(25,26)15-11-13(8-9-14(15)19)17(24)20-18-22-21-16(27-18)10-12-6-4-3-5-7-12/h3-9,11H,10H2,1-2H3,(H,20,22,24). The molecule has 0 aliphatic carbocycles. The molecule has 28 heavy (non-hydrogen) atoms. The van der Waals surface area contributed by atoms with Crippen molar-refractivity contribution in [3.05, 3.63) is 69.7 Å². The molecule has 0 aliphatic rings. The number of sulfonamides is 1. The second-order valence-corrected chi connectivity index (χ2v) is 9.64. The number of aromatic nitrogens is 2. The lowest BCUT2D eigenvalue weighted by Crippen LogP contribution is -2.23. The first-order valence-electron chi connectivity index (χ1n) is 8.17. The summed E-state index contributed by atoms with van der Waals surface area (Å²) in [6.07, 6.45) is 0.612. The van der Waals surface area contributed by atoms with Crippen molar-refractivity contribution in [1.29, 1.82) is 0 Å². The van der Waals surface area contributed by atoms with Gasteiger partial charge in [-0.25, -0.2) is 12.7 Å². The van der Waals surface area contributed by atoms with Gasteiger partial charge in [-0.3, -0.25) is 10.1 Å². The van der Waals surface area contributed by atoms with Crippen molar-refractivity contribution in [3.8, 4) is 0 Å². The predicted molar refractivity (Wildman–Crippen MR) is 109 cm³/mol. The molecule has 0 fully saturated rings. The fraction of sp³-hybridized carbons (Fsp3) is 0.167. The van der Waals surface area contributed by atoms with Gasteiger partial charge in [0.2, 0.25) is 15.2 Å². The molecule has 1 N–H and O–H groups in total. The quantitative estimate of drug-likeness (QED) is 0.640. The molecule has 3 rings (SSSR count). The average Bonchev–Trinajstić information content (AvgIpc) is 3.09. The zero-order chi connectivity index (χ0) is 20.3. The van der Waals surface area contributed by atoms with E-state index in [0.29, 0.717) is 11.6 Å². The molecule has 0 atom stereocenters. The molecule has 0 aliphatic heterocycles. The van der Waals surface area contributed by atoms with Crippen LogP contribution < -0.4 is 5.32 Å². The molecule has 3 aromatic rings. The number of hydrogen-bond donors (Lipinski definition) is 1. The van der Waals surface area contributed by atoms with Gasteiger partial charge in [-0.15, -0.1) is 10.2 Å². The van der Waals surface area contributed by atoms with E-state index in [0.717, 1.165) is 14.9 Å². The van der Waals surface area contributed by atoms with E-state index in [4.69, 9.17) is 11.6 Å². The van der Waals surface area contributed by atoms with Gasteiger partial charge < -0.3 is 0 Å². The largest absolute Gasteiger partial charge is 0.296 e. The van der Waals surface area contributed by atoms with Crippen molar-refractivity contribution in [1.82, 2.24) is 14.5 Å². The van der Waals surface area contributed by atoms with Gasteiger partial charge in [0.1, 0.15) is 9.90 Å². The Morgan fingerprint density at radius 3 is 2.54 bits per heavy atom. The van der Waals surface area contributed by atoms with Crippen LogP contribution in [0.2, 0.25) is 5.02 Å². The number of hydrogen-bond acceptors (Lipinski definition) is 6. The summed E-state index contributed by atoms with van der Waals surface area (Å²) in [5.41, 5.74) is 1.25. The average molecular weight is 437 g/mol. The Kier molecular flexibility index (Phi) is 6.09. The second-order valence-electron chi connectivity index (χ2n) is 6.05. The van der Waals surface area contributed by atoms with Crippen LogP contribution in [-0.4, -0.2) is 42.9 Å². The maximum Gasteiger partial charge on any atom is 0.257 e. The maximum absolute atomic E-state index is 12.5. The molecule has 0 radical (unpaired) electrons. The first-order valence-corrected chi connectivity index (χ1v) is 10.8. The third-order valence-corrected chi connectivity index (χ3v) is 6.97. The van der Waals surface area contributed by atoms with Crippen molar-refractivity contribution < 1.29 is 13.2 Å². The summed E-state index contributed by atoms with van der Waals surface area (Å²) in [5, 5.41) is 11.8. The first kappa shape index (κ1) is 20.4. The van der Waals surface area contributed by atoms with Gasteiger partial charge in [0, 0.05) is 26.1 Å². The molecule has 146 valence electrons. The van der Waals surface area contributed by atoms with Gasteiger partial charge in [-0.1, -0.05) is 53.3 Å². The topological polar surface area (TPSA) is 92.3 Å². The molecule has 0 unspecified atom stereocenters. The van der Waals surface area contributed by atoms with Crippen LogP contribution in [0.1, 0.15) is 20.9 Å². The molecule has 0 bridgehead atoms. The number of benzene rings is 2. The Hall–Kier alpha value is -2.33. The Labute approximate surface area is 172 Å². The van der Waals surface area contributed by atoms with Crippen molar-refractivity contribution in [2.45, 2.75) is 11.3 Å². The molecular weight excluding hydrogens is 420 g/mol. The maximum atomic E-state index is 12.5. The Bertz CT molecular complexity index is 1100. The van der Waals surface area contributed by atoms with Crippen LogP contribution in [0.5, 0.6) is 0 Å². The summed E-state index contributed by atoms with van der Waals surface area (Å²) in [6.45, 7) is 0. The highest BCUT2D eigenvalue weighted by atomic mass is 35.5. The first-order chi connectivity index (χ1) is 13.3. The second kappa shape index (κ2) is 8.36. The molecule has 0 saturated heterocycles. The molecule has 0 spiro atoms. The van der Waals surface area contributed by atoms with E-state index in [9.17, 15) is 13.2 Å². The highest BCUT2D eigenvalue weighted by Gasteiger charge is 2.22. The van der Waals surface area contributed by atoms with Gasteiger partial charge >= 0.3 is 0 Å². The SMILES string of the molecule is CN(C)S(=O)(=O)c1cc(C(=O)Nc2nnc(Cc3ccccc3)s2)ccc1Cl. The summed E-state index contributed by atoms with van der Waals surface area (Å²) >= 11 is 7.27. The molecule has 10 heteroatoms. The normalized spacial score (nSPS) is 11.6. The van der Waals surface area contributed by atoms with E-state index >= 15 is 0 Å². The number of nitrogens with zero attached hydrogens (tertiary/aromatic N) is 3. The highest BCUT2D eigenvalue weighted by Crippen LogP contribution is 2.26. The molecule has 0 saturated carbocycles. The van der Waals surface area contributed by atoms with Crippen LogP contribution in [0.3, 0.4) is 0 Å². The van der Waals surface area contributed by atoms with E-state index in [-0.39, 0.29) is 15.5 Å². The third-order valence-electron chi connectivity index (χ3n) is 3.84. The predicted octanol–water partition coefficient (Wildman–Crippen LogP) is 3.28. The number of nitrogens with one attached hydrogen (secondary N) is 1. The van der Waals surface area contributed by atoms with Gasteiger partial charge in [-0.2, -0.15) is 0 Å². The molecule has 2 aromatic carbocycles. The lowest BCUT2D eigenvalue weighted by molar-refractivity contribution is 0.102. The zero-order valence-electron chi connectivity index (χ0n) is 15.1. The third kappa shape index (κ3) is 4.56. The van der Waals surface area contributed by atoms with E-state index in [1.807, 2.05) is 30.3 Å². The summed E-state index contributed by atoms with van der Waals surface area (Å²) in [6, 6.07) is 13.9. The van der Waals surface area contributed by atoms with Crippen molar-refractivity contribution in [2.24, 2.45) is 0 Å². The Morgan fingerprint density at radius 1 is 1.14 bits per heavy atom. The van der Waals surface area contributed by atoms with Gasteiger partial charge in [0.05, 0.1) is 5.02 Å². The smallest absolute Gasteiger partial charge is 0.257 e. The molecule has 1 aromatic heterocycles. The summed E-state index contributed by atoms with van der Waals surface area (Å²) < 4.78 is 25.7.